The normalized spacial score (nSPS) is 13.7. The number of alkyl halides is 1. The summed E-state index contributed by atoms with van der Waals surface area (Å²) in [5.74, 6) is -4.38. The van der Waals surface area contributed by atoms with Crippen molar-refractivity contribution in [1.29, 1.82) is 0 Å². The maximum Gasteiger partial charge on any atom is 0.407 e. The highest BCUT2D eigenvalue weighted by atomic mass is 19.1. The van der Waals surface area contributed by atoms with Crippen LogP contribution in [0.25, 0.3) is 11.1 Å². The van der Waals surface area contributed by atoms with Crippen LogP contribution >= 0.6 is 0 Å². The van der Waals surface area contributed by atoms with Gasteiger partial charge in [-0.1, -0.05) is 72.8 Å². The lowest BCUT2D eigenvalue weighted by Gasteiger charge is -2.30. The van der Waals surface area contributed by atoms with E-state index in [1.54, 1.807) is 41.5 Å². The molecule has 0 saturated heterocycles. The van der Waals surface area contributed by atoms with E-state index in [-0.39, 0.29) is 24.5 Å². The van der Waals surface area contributed by atoms with E-state index in [1.807, 2.05) is 48.5 Å². The number of rotatable bonds is 9. The largest absolute Gasteiger partial charge is 0.480 e. The summed E-state index contributed by atoms with van der Waals surface area (Å²) >= 11 is 0. The number of halogens is 1. The fraction of sp³-hybridized carbons (Fsp3) is 0.371. The molecule has 1 aliphatic carbocycles. The molecule has 1 aliphatic rings. The van der Waals surface area contributed by atoms with Crippen LogP contribution in [0.5, 0.6) is 0 Å². The molecule has 0 aliphatic heterocycles. The third-order valence-corrected chi connectivity index (χ3v) is 7.09. The van der Waals surface area contributed by atoms with E-state index in [0.29, 0.717) is 5.56 Å². The monoisotopic (exact) mass is 619 g/mol. The second kappa shape index (κ2) is 12.7. The Morgan fingerprint density at radius 3 is 1.69 bits per heavy atom. The zero-order chi connectivity index (χ0) is 33.2. The van der Waals surface area contributed by atoms with E-state index in [9.17, 15) is 24.3 Å². The van der Waals surface area contributed by atoms with Gasteiger partial charge in [0.25, 0.3) is 0 Å². The Morgan fingerprint density at radius 1 is 0.778 bits per heavy atom. The Balaban J connectivity index is 1.46. The summed E-state index contributed by atoms with van der Waals surface area (Å²) in [5, 5.41) is 12.2. The molecule has 0 spiro atoms. The number of esters is 2. The van der Waals surface area contributed by atoms with E-state index < -0.39 is 46.9 Å². The van der Waals surface area contributed by atoms with Crippen LogP contribution < -0.4 is 5.32 Å². The number of hydrogen-bond donors (Lipinski definition) is 2. The van der Waals surface area contributed by atoms with Crippen molar-refractivity contribution in [2.75, 3.05) is 6.61 Å². The van der Waals surface area contributed by atoms with Crippen LogP contribution in [0, 0.1) is 0 Å². The van der Waals surface area contributed by atoms with Gasteiger partial charge in [0.1, 0.15) is 23.9 Å². The third kappa shape index (κ3) is 7.68. The standard InChI is InChI=1S/C35H38FNO8/c1-33(2,3)44-30(40)35(36,31(41)45-34(4,5)6)22-17-15-21(16-18-22)19-28(29(38)39)37-32(42)43-20-27-25-13-9-7-11-23(25)24-12-8-10-14-26(24)27/h7-18,27-28H,19-20H2,1-6H3,(H,37,42)(H,38,39)/t28-/m0/s1. The zero-order valence-electron chi connectivity index (χ0n) is 26.2. The summed E-state index contributed by atoms with van der Waals surface area (Å²) in [5.41, 5.74) is -1.25. The molecule has 0 aromatic heterocycles. The number of aliphatic carboxylic acids is 1. The first-order valence-electron chi connectivity index (χ1n) is 14.6. The summed E-state index contributed by atoms with van der Waals surface area (Å²) in [4.78, 5) is 50.7. The summed E-state index contributed by atoms with van der Waals surface area (Å²) in [6, 6.07) is 19.4. The van der Waals surface area contributed by atoms with Gasteiger partial charge in [0.05, 0.1) is 0 Å². The van der Waals surface area contributed by atoms with E-state index in [4.69, 9.17) is 14.2 Å². The van der Waals surface area contributed by atoms with Gasteiger partial charge in [-0.3, -0.25) is 0 Å². The minimum Gasteiger partial charge on any atom is -0.480 e. The summed E-state index contributed by atoms with van der Waals surface area (Å²) < 4.78 is 32.3. The second-order valence-electron chi connectivity index (χ2n) is 12.9. The SMILES string of the molecule is CC(C)(C)OC(=O)C(F)(C(=O)OC(C)(C)C)c1ccc(C[C@H](NC(=O)OCC2c3ccccc3-c3ccccc32)C(=O)O)cc1. The number of benzene rings is 3. The Morgan fingerprint density at radius 2 is 1.24 bits per heavy atom. The number of carboxylic acid groups (broad SMARTS) is 1. The van der Waals surface area contributed by atoms with Crippen LogP contribution in [0.3, 0.4) is 0 Å². The quantitative estimate of drug-likeness (QED) is 0.168. The van der Waals surface area contributed by atoms with Gasteiger partial charge in [-0.25, -0.2) is 23.6 Å². The van der Waals surface area contributed by atoms with Crippen molar-refractivity contribution in [2.24, 2.45) is 0 Å². The first-order chi connectivity index (χ1) is 21.0. The molecule has 0 unspecified atom stereocenters. The molecule has 10 heteroatoms. The van der Waals surface area contributed by atoms with Gasteiger partial charge < -0.3 is 24.6 Å². The molecule has 9 nitrogen and oxygen atoms in total. The van der Waals surface area contributed by atoms with Gasteiger partial charge in [0, 0.05) is 17.9 Å². The van der Waals surface area contributed by atoms with Gasteiger partial charge >= 0.3 is 29.7 Å². The summed E-state index contributed by atoms with van der Waals surface area (Å²) in [7, 11) is 0. The lowest BCUT2D eigenvalue weighted by atomic mass is 9.93. The highest BCUT2D eigenvalue weighted by Gasteiger charge is 2.54. The lowest BCUT2D eigenvalue weighted by Crippen LogP contribution is -2.47. The van der Waals surface area contributed by atoms with Gasteiger partial charge in [0.2, 0.25) is 0 Å². The van der Waals surface area contributed by atoms with Crippen LogP contribution in [-0.4, -0.2) is 53.0 Å². The number of alkyl carbamates (subject to hydrolysis) is 1. The second-order valence-corrected chi connectivity index (χ2v) is 12.9. The molecule has 4 rings (SSSR count). The lowest BCUT2D eigenvalue weighted by molar-refractivity contribution is -0.188. The molecule has 0 heterocycles. The molecule has 0 radical (unpaired) electrons. The van der Waals surface area contributed by atoms with Crippen molar-refractivity contribution in [2.45, 2.75) is 76.8 Å². The van der Waals surface area contributed by atoms with Gasteiger partial charge in [-0.05, 0) is 69.4 Å². The first kappa shape index (κ1) is 33.2. The van der Waals surface area contributed by atoms with Crippen LogP contribution in [0.4, 0.5) is 9.18 Å². The minimum absolute atomic E-state index is 0.00874. The number of carboxylic acids is 1. The predicted molar refractivity (Wildman–Crippen MR) is 164 cm³/mol. The van der Waals surface area contributed by atoms with E-state index in [2.05, 4.69) is 5.32 Å². The molecule has 0 saturated carbocycles. The van der Waals surface area contributed by atoms with Crippen LogP contribution in [0.15, 0.2) is 72.8 Å². The molecule has 238 valence electrons. The number of fused-ring (bicyclic) bond motifs is 3. The molecule has 45 heavy (non-hydrogen) atoms. The molecule has 1 amide bonds. The van der Waals surface area contributed by atoms with Gasteiger partial charge in [-0.2, -0.15) is 0 Å². The maximum absolute atomic E-state index is 16.3. The summed E-state index contributed by atoms with van der Waals surface area (Å²) in [6.45, 7) is 9.25. The Labute approximate surface area is 261 Å². The number of ether oxygens (including phenoxy) is 3. The van der Waals surface area contributed by atoms with E-state index >= 15 is 4.39 Å². The molecule has 3 aromatic carbocycles. The maximum atomic E-state index is 16.3. The van der Waals surface area contributed by atoms with Gasteiger partial charge in [-0.15, -0.1) is 0 Å². The average molecular weight is 620 g/mol. The van der Waals surface area contributed by atoms with E-state index in [0.717, 1.165) is 22.3 Å². The average Bonchev–Trinajstić information content (AvgIpc) is 3.27. The van der Waals surface area contributed by atoms with Crippen molar-refractivity contribution in [3.8, 4) is 11.1 Å². The molecule has 0 fully saturated rings. The highest BCUT2D eigenvalue weighted by molar-refractivity contribution is 6.04. The number of hydrogen-bond acceptors (Lipinski definition) is 7. The highest BCUT2D eigenvalue weighted by Crippen LogP contribution is 2.44. The van der Waals surface area contributed by atoms with Crippen molar-refractivity contribution in [1.82, 2.24) is 5.32 Å². The third-order valence-electron chi connectivity index (χ3n) is 7.09. The molecule has 1 atom stereocenters. The fourth-order valence-corrected chi connectivity index (χ4v) is 5.10. The molecule has 0 bridgehead atoms. The fourth-order valence-electron chi connectivity index (χ4n) is 5.10. The van der Waals surface area contributed by atoms with Crippen LogP contribution in [0.2, 0.25) is 0 Å². The number of carbonyl (C=O) groups excluding carboxylic acids is 3. The van der Waals surface area contributed by atoms with Crippen molar-refractivity contribution in [3.63, 3.8) is 0 Å². The van der Waals surface area contributed by atoms with Crippen LogP contribution in [-0.2, 0) is 40.7 Å². The van der Waals surface area contributed by atoms with Crippen molar-refractivity contribution < 1.29 is 42.9 Å². The molecule has 3 aromatic rings. The molecular formula is C35H38FNO8. The zero-order valence-corrected chi connectivity index (χ0v) is 26.2. The number of carbonyl (C=O) groups is 4. The number of nitrogens with one attached hydrogen (secondary N) is 1. The predicted octanol–water partition coefficient (Wildman–Crippen LogP) is 6.07. The molecular weight excluding hydrogens is 581 g/mol. The van der Waals surface area contributed by atoms with Crippen LogP contribution in [0.1, 0.15) is 69.7 Å². The number of amides is 1. The topological polar surface area (TPSA) is 128 Å². The minimum atomic E-state index is -3.27. The Kier molecular flexibility index (Phi) is 9.37. The van der Waals surface area contributed by atoms with E-state index in [1.165, 1.54) is 24.3 Å². The Hall–Kier alpha value is -4.73. The van der Waals surface area contributed by atoms with Gasteiger partial charge in [0.15, 0.2) is 0 Å². The smallest absolute Gasteiger partial charge is 0.407 e. The van der Waals surface area contributed by atoms with Crippen molar-refractivity contribution in [3.05, 3.63) is 95.1 Å². The van der Waals surface area contributed by atoms with Crippen molar-refractivity contribution >= 4 is 24.0 Å². The first-order valence-corrected chi connectivity index (χ1v) is 14.6. The molecule has 2 N–H and O–H groups in total. The Bertz CT molecular complexity index is 1510. The summed E-state index contributed by atoms with van der Waals surface area (Å²) in [6.07, 6.45) is -1.09.